The number of hydrogen-bond acceptors (Lipinski definition) is 4. The zero-order valence-corrected chi connectivity index (χ0v) is 17.8. The molecule has 1 aromatic heterocycles. The van der Waals surface area contributed by atoms with Gasteiger partial charge in [-0.3, -0.25) is 4.79 Å². The highest BCUT2D eigenvalue weighted by molar-refractivity contribution is 6.31. The predicted octanol–water partition coefficient (Wildman–Crippen LogP) is 4.67. The van der Waals surface area contributed by atoms with Crippen LogP contribution in [0, 0.1) is 13.8 Å². The fraction of sp³-hybridized carbons (Fsp3) is 0.227. The number of ether oxygens (including phenoxy) is 1. The van der Waals surface area contributed by atoms with Gasteiger partial charge in [-0.15, -0.1) is 0 Å². The van der Waals surface area contributed by atoms with Crippen LogP contribution in [0.3, 0.4) is 0 Å². The molecule has 0 aliphatic carbocycles. The van der Waals surface area contributed by atoms with E-state index in [4.69, 9.17) is 21.4 Å². The van der Waals surface area contributed by atoms with Crippen LogP contribution in [0.15, 0.2) is 42.5 Å². The molecule has 0 bridgehead atoms. The molecule has 3 aromatic rings. The molecule has 0 saturated heterocycles. The van der Waals surface area contributed by atoms with Crippen LogP contribution in [-0.2, 0) is 7.05 Å². The van der Waals surface area contributed by atoms with E-state index in [2.05, 4.69) is 10.4 Å². The van der Waals surface area contributed by atoms with Crippen molar-refractivity contribution in [2.24, 2.45) is 7.05 Å². The maximum Gasteiger partial charge on any atom is 0.335 e. The summed E-state index contributed by atoms with van der Waals surface area (Å²) in [5, 5.41) is 16.8. The van der Waals surface area contributed by atoms with Gasteiger partial charge >= 0.3 is 5.97 Å². The Labute approximate surface area is 179 Å². The van der Waals surface area contributed by atoms with Gasteiger partial charge in [-0.25, -0.2) is 9.48 Å². The van der Waals surface area contributed by atoms with Crippen LogP contribution in [0.2, 0.25) is 5.02 Å². The van der Waals surface area contributed by atoms with Crippen molar-refractivity contribution in [3.05, 3.63) is 75.4 Å². The van der Waals surface area contributed by atoms with Gasteiger partial charge in [-0.05, 0) is 56.2 Å². The fourth-order valence-electron chi connectivity index (χ4n) is 3.03. The van der Waals surface area contributed by atoms with E-state index in [1.54, 1.807) is 38.2 Å². The normalized spacial score (nSPS) is 11.8. The molecule has 2 aromatic carbocycles. The van der Waals surface area contributed by atoms with E-state index in [1.165, 1.54) is 16.8 Å². The third-order valence-corrected chi connectivity index (χ3v) is 5.17. The standard InChI is InChI=1S/C22H22ClN3O4/c1-12-5-10-17(11-18(12)23)30-21-19(14(3)25-26(21)4)20(27)24-13(2)15-6-8-16(9-7-15)22(28)29/h5-11,13H,1-4H3,(H,24,27)(H,28,29). The lowest BCUT2D eigenvalue weighted by Gasteiger charge is -2.15. The predicted molar refractivity (Wildman–Crippen MR) is 113 cm³/mol. The zero-order chi connectivity index (χ0) is 22.0. The van der Waals surface area contributed by atoms with Crippen LogP contribution >= 0.6 is 11.6 Å². The Bertz CT molecular complexity index is 1110. The number of hydrogen-bond donors (Lipinski definition) is 2. The minimum absolute atomic E-state index is 0.188. The minimum Gasteiger partial charge on any atom is -0.478 e. The number of amides is 1. The molecule has 0 aliphatic rings. The number of nitrogens with zero attached hydrogens (tertiary/aromatic N) is 2. The van der Waals surface area contributed by atoms with E-state index in [0.717, 1.165) is 11.1 Å². The lowest BCUT2D eigenvalue weighted by Crippen LogP contribution is -2.27. The largest absolute Gasteiger partial charge is 0.478 e. The number of aromatic carboxylic acids is 1. The molecule has 30 heavy (non-hydrogen) atoms. The highest BCUT2D eigenvalue weighted by Gasteiger charge is 2.24. The van der Waals surface area contributed by atoms with Gasteiger partial charge < -0.3 is 15.2 Å². The Morgan fingerprint density at radius 2 is 1.83 bits per heavy atom. The van der Waals surface area contributed by atoms with Gasteiger partial charge in [0.05, 0.1) is 17.3 Å². The van der Waals surface area contributed by atoms with Gasteiger partial charge in [0, 0.05) is 12.1 Å². The highest BCUT2D eigenvalue weighted by Crippen LogP contribution is 2.30. The number of carboxylic acid groups (broad SMARTS) is 1. The summed E-state index contributed by atoms with van der Waals surface area (Å²) in [5.41, 5.74) is 2.74. The van der Waals surface area contributed by atoms with Gasteiger partial charge in [0.25, 0.3) is 5.91 Å². The Kier molecular flexibility index (Phi) is 6.12. The maximum atomic E-state index is 13.0. The molecule has 8 heteroatoms. The number of benzene rings is 2. The van der Waals surface area contributed by atoms with Crippen LogP contribution in [0.1, 0.15) is 50.5 Å². The summed E-state index contributed by atoms with van der Waals surface area (Å²) in [6, 6.07) is 11.3. The summed E-state index contributed by atoms with van der Waals surface area (Å²) in [7, 11) is 1.70. The molecular weight excluding hydrogens is 406 g/mol. The molecule has 0 spiro atoms. The van der Waals surface area contributed by atoms with Crippen molar-refractivity contribution in [3.8, 4) is 11.6 Å². The zero-order valence-electron chi connectivity index (χ0n) is 17.1. The molecule has 1 heterocycles. The summed E-state index contributed by atoms with van der Waals surface area (Å²) in [5.74, 6) is -0.538. The van der Waals surface area contributed by atoms with Crippen molar-refractivity contribution in [1.29, 1.82) is 0 Å². The fourth-order valence-corrected chi connectivity index (χ4v) is 3.20. The van der Waals surface area contributed by atoms with E-state index in [0.29, 0.717) is 27.9 Å². The molecule has 1 amide bonds. The SMILES string of the molecule is Cc1ccc(Oc2c(C(=O)NC(C)c3ccc(C(=O)O)cc3)c(C)nn2C)cc1Cl. The van der Waals surface area contributed by atoms with Crippen LogP contribution in [0.5, 0.6) is 11.6 Å². The third kappa shape index (κ3) is 4.46. The average molecular weight is 428 g/mol. The Morgan fingerprint density at radius 3 is 2.43 bits per heavy atom. The number of carboxylic acids is 1. The van der Waals surface area contributed by atoms with E-state index >= 15 is 0 Å². The smallest absolute Gasteiger partial charge is 0.335 e. The van der Waals surface area contributed by atoms with E-state index < -0.39 is 5.97 Å². The van der Waals surface area contributed by atoms with Gasteiger partial charge in [-0.1, -0.05) is 29.8 Å². The van der Waals surface area contributed by atoms with Crippen molar-refractivity contribution in [2.75, 3.05) is 0 Å². The number of rotatable bonds is 6. The Hall–Kier alpha value is -3.32. The van der Waals surface area contributed by atoms with E-state index in [-0.39, 0.29) is 17.5 Å². The molecule has 3 rings (SSSR count). The highest BCUT2D eigenvalue weighted by atomic mass is 35.5. The second kappa shape index (κ2) is 8.59. The lowest BCUT2D eigenvalue weighted by atomic mass is 10.1. The van der Waals surface area contributed by atoms with Crippen molar-refractivity contribution < 1.29 is 19.4 Å². The van der Waals surface area contributed by atoms with Gasteiger partial charge in [-0.2, -0.15) is 5.10 Å². The number of carbonyl (C=O) groups excluding carboxylic acids is 1. The average Bonchev–Trinajstić information content (AvgIpc) is 2.97. The Morgan fingerprint density at radius 1 is 1.17 bits per heavy atom. The first-order valence-electron chi connectivity index (χ1n) is 9.29. The maximum absolute atomic E-state index is 13.0. The van der Waals surface area contributed by atoms with Crippen molar-refractivity contribution in [2.45, 2.75) is 26.8 Å². The lowest BCUT2D eigenvalue weighted by molar-refractivity contribution is 0.0696. The van der Waals surface area contributed by atoms with Gasteiger partial charge in [0.1, 0.15) is 11.3 Å². The Balaban J connectivity index is 1.83. The number of halogens is 1. The second-order valence-electron chi connectivity index (χ2n) is 7.02. The molecule has 1 unspecified atom stereocenters. The van der Waals surface area contributed by atoms with Gasteiger partial charge in [0.2, 0.25) is 5.88 Å². The van der Waals surface area contributed by atoms with Gasteiger partial charge in [0.15, 0.2) is 0 Å². The van der Waals surface area contributed by atoms with Crippen LogP contribution < -0.4 is 10.1 Å². The quantitative estimate of drug-likeness (QED) is 0.596. The molecule has 156 valence electrons. The minimum atomic E-state index is -0.998. The van der Waals surface area contributed by atoms with Crippen LogP contribution in [0.4, 0.5) is 0 Å². The molecule has 0 fully saturated rings. The molecule has 1 atom stereocenters. The summed E-state index contributed by atoms with van der Waals surface area (Å²) >= 11 is 6.18. The summed E-state index contributed by atoms with van der Waals surface area (Å²) in [4.78, 5) is 24.0. The molecule has 2 N–H and O–H groups in total. The van der Waals surface area contributed by atoms with Crippen molar-refractivity contribution >= 4 is 23.5 Å². The number of aromatic nitrogens is 2. The summed E-state index contributed by atoms with van der Waals surface area (Å²) in [6.07, 6.45) is 0. The summed E-state index contributed by atoms with van der Waals surface area (Å²) in [6.45, 7) is 5.44. The monoisotopic (exact) mass is 427 g/mol. The van der Waals surface area contributed by atoms with Crippen LogP contribution in [0.25, 0.3) is 0 Å². The van der Waals surface area contributed by atoms with Crippen molar-refractivity contribution in [3.63, 3.8) is 0 Å². The second-order valence-corrected chi connectivity index (χ2v) is 7.43. The topological polar surface area (TPSA) is 93.4 Å². The number of carbonyl (C=O) groups is 2. The van der Waals surface area contributed by atoms with Crippen molar-refractivity contribution in [1.82, 2.24) is 15.1 Å². The first kappa shape index (κ1) is 21.4. The number of aryl methyl sites for hydroxylation is 3. The van der Waals surface area contributed by atoms with E-state index in [1.807, 2.05) is 19.9 Å². The summed E-state index contributed by atoms with van der Waals surface area (Å²) < 4.78 is 7.44. The first-order chi connectivity index (χ1) is 14.2. The molecule has 0 radical (unpaired) electrons. The van der Waals surface area contributed by atoms with E-state index in [9.17, 15) is 9.59 Å². The molecular formula is C22H22ClN3O4. The molecule has 7 nitrogen and oxygen atoms in total. The number of nitrogens with one attached hydrogen (secondary N) is 1. The molecule has 0 aliphatic heterocycles. The molecule has 0 saturated carbocycles. The first-order valence-corrected chi connectivity index (χ1v) is 9.67. The third-order valence-electron chi connectivity index (χ3n) is 4.76. The van der Waals surface area contributed by atoms with Crippen LogP contribution in [-0.4, -0.2) is 26.8 Å².